The van der Waals surface area contributed by atoms with Crippen LogP contribution in [0.5, 0.6) is 11.5 Å². The predicted molar refractivity (Wildman–Crippen MR) is 79.6 cm³/mol. The SMILES string of the molecule is COc1cc2c(cc1OC)CN(CCOC(C)C)CC2. The van der Waals surface area contributed by atoms with E-state index < -0.39 is 0 Å². The van der Waals surface area contributed by atoms with Gasteiger partial charge in [0.1, 0.15) is 0 Å². The maximum absolute atomic E-state index is 5.63. The number of nitrogens with zero attached hydrogens (tertiary/aromatic N) is 1. The summed E-state index contributed by atoms with van der Waals surface area (Å²) in [4.78, 5) is 2.43. The monoisotopic (exact) mass is 279 g/mol. The predicted octanol–water partition coefficient (Wildman–Crippen LogP) is 2.49. The van der Waals surface area contributed by atoms with Crippen LogP contribution in [0, 0.1) is 0 Å². The second kappa shape index (κ2) is 6.95. The molecular formula is C16H25NO3. The van der Waals surface area contributed by atoms with Crippen molar-refractivity contribution in [3.63, 3.8) is 0 Å². The molecule has 1 aromatic rings. The number of hydrogen-bond donors (Lipinski definition) is 0. The summed E-state index contributed by atoms with van der Waals surface area (Å²) < 4.78 is 16.4. The van der Waals surface area contributed by atoms with E-state index in [1.54, 1.807) is 14.2 Å². The number of methoxy groups -OCH3 is 2. The van der Waals surface area contributed by atoms with Crippen LogP contribution in [-0.2, 0) is 17.7 Å². The van der Waals surface area contributed by atoms with Gasteiger partial charge in [0.25, 0.3) is 0 Å². The topological polar surface area (TPSA) is 30.9 Å². The number of benzene rings is 1. The molecule has 0 N–H and O–H groups in total. The Labute approximate surface area is 121 Å². The Morgan fingerprint density at radius 3 is 2.35 bits per heavy atom. The van der Waals surface area contributed by atoms with Crippen molar-refractivity contribution in [3.05, 3.63) is 23.3 Å². The normalized spacial score (nSPS) is 15.2. The third-order valence-electron chi connectivity index (χ3n) is 3.66. The van der Waals surface area contributed by atoms with Crippen LogP contribution in [0.2, 0.25) is 0 Å². The van der Waals surface area contributed by atoms with E-state index in [0.717, 1.165) is 44.2 Å². The first kappa shape index (κ1) is 15.1. The first-order chi connectivity index (χ1) is 9.63. The molecule has 1 aliphatic heterocycles. The van der Waals surface area contributed by atoms with E-state index in [1.165, 1.54) is 11.1 Å². The molecule has 0 saturated heterocycles. The average molecular weight is 279 g/mol. The van der Waals surface area contributed by atoms with Crippen LogP contribution in [-0.4, -0.2) is 44.9 Å². The third-order valence-corrected chi connectivity index (χ3v) is 3.66. The van der Waals surface area contributed by atoms with Crippen LogP contribution in [0.15, 0.2) is 12.1 Å². The summed E-state index contributed by atoms with van der Waals surface area (Å²) in [7, 11) is 3.37. The van der Waals surface area contributed by atoms with Gasteiger partial charge in [-0.15, -0.1) is 0 Å². The fraction of sp³-hybridized carbons (Fsp3) is 0.625. The third kappa shape index (κ3) is 3.64. The highest BCUT2D eigenvalue weighted by atomic mass is 16.5. The molecule has 0 spiro atoms. The molecule has 4 nitrogen and oxygen atoms in total. The van der Waals surface area contributed by atoms with E-state index in [0.29, 0.717) is 6.10 Å². The van der Waals surface area contributed by atoms with Crippen molar-refractivity contribution in [3.8, 4) is 11.5 Å². The minimum absolute atomic E-state index is 0.302. The van der Waals surface area contributed by atoms with Crippen molar-refractivity contribution >= 4 is 0 Å². The molecule has 0 saturated carbocycles. The largest absolute Gasteiger partial charge is 0.493 e. The maximum Gasteiger partial charge on any atom is 0.161 e. The second-order valence-electron chi connectivity index (χ2n) is 5.42. The highest BCUT2D eigenvalue weighted by Crippen LogP contribution is 2.33. The van der Waals surface area contributed by atoms with Gasteiger partial charge >= 0.3 is 0 Å². The summed E-state index contributed by atoms with van der Waals surface area (Å²) in [6, 6.07) is 4.21. The highest BCUT2D eigenvalue weighted by Gasteiger charge is 2.19. The molecule has 2 rings (SSSR count). The van der Waals surface area contributed by atoms with E-state index in [1.807, 2.05) is 0 Å². The Morgan fingerprint density at radius 2 is 1.75 bits per heavy atom. The van der Waals surface area contributed by atoms with E-state index in [9.17, 15) is 0 Å². The molecule has 0 amide bonds. The van der Waals surface area contributed by atoms with Gasteiger partial charge in [-0.25, -0.2) is 0 Å². The van der Waals surface area contributed by atoms with Crippen LogP contribution in [0.3, 0.4) is 0 Å². The Kier molecular flexibility index (Phi) is 5.26. The Bertz CT molecular complexity index is 446. The average Bonchev–Trinajstić information content (AvgIpc) is 2.45. The van der Waals surface area contributed by atoms with Crippen molar-refractivity contribution < 1.29 is 14.2 Å². The number of rotatable bonds is 6. The summed E-state index contributed by atoms with van der Waals surface area (Å²) in [5.74, 6) is 1.63. The molecule has 0 unspecified atom stereocenters. The number of hydrogen-bond acceptors (Lipinski definition) is 4. The smallest absolute Gasteiger partial charge is 0.161 e. The van der Waals surface area contributed by atoms with Crippen molar-refractivity contribution in [2.45, 2.75) is 32.9 Å². The van der Waals surface area contributed by atoms with E-state index in [4.69, 9.17) is 14.2 Å². The zero-order chi connectivity index (χ0) is 14.5. The van der Waals surface area contributed by atoms with Crippen molar-refractivity contribution in [1.82, 2.24) is 4.90 Å². The lowest BCUT2D eigenvalue weighted by molar-refractivity contribution is 0.0562. The highest BCUT2D eigenvalue weighted by molar-refractivity contribution is 5.48. The van der Waals surface area contributed by atoms with Gasteiger partial charge in [0.05, 0.1) is 26.9 Å². The molecule has 0 radical (unpaired) electrons. The van der Waals surface area contributed by atoms with Crippen LogP contribution >= 0.6 is 0 Å². The Morgan fingerprint density at radius 1 is 1.10 bits per heavy atom. The zero-order valence-electron chi connectivity index (χ0n) is 12.9. The minimum Gasteiger partial charge on any atom is -0.493 e. The lowest BCUT2D eigenvalue weighted by Gasteiger charge is -2.29. The standard InChI is InChI=1S/C16H25NO3/c1-12(2)20-8-7-17-6-5-13-9-15(18-3)16(19-4)10-14(13)11-17/h9-10,12H,5-8,11H2,1-4H3. The zero-order valence-corrected chi connectivity index (χ0v) is 12.9. The molecule has 0 aromatic heterocycles. The maximum atomic E-state index is 5.63. The van der Waals surface area contributed by atoms with Gasteiger partial charge in [0.2, 0.25) is 0 Å². The van der Waals surface area contributed by atoms with Gasteiger partial charge in [0, 0.05) is 19.6 Å². The van der Waals surface area contributed by atoms with Crippen LogP contribution in [0.4, 0.5) is 0 Å². The summed E-state index contributed by atoms with van der Waals surface area (Å²) in [5.41, 5.74) is 2.70. The summed E-state index contributed by atoms with van der Waals surface area (Å²) in [6.07, 6.45) is 1.36. The first-order valence-electron chi connectivity index (χ1n) is 7.21. The van der Waals surface area contributed by atoms with Gasteiger partial charge in [-0.2, -0.15) is 0 Å². The van der Waals surface area contributed by atoms with Crippen molar-refractivity contribution in [1.29, 1.82) is 0 Å². The lowest BCUT2D eigenvalue weighted by atomic mass is 9.99. The quantitative estimate of drug-likeness (QED) is 0.800. The summed E-state index contributed by atoms with van der Waals surface area (Å²) in [6.45, 7) is 7.94. The summed E-state index contributed by atoms with van der Waals surface area (Å²) >= 11 is 0. The van der Waals surface area contributed by atoms with Gasteiger partial charge < -0.3 is 14.2 Å². The van der Waals surface area contributed by atoms with Gasteiger partial charge in [-0.1, -0.05) is 0 Å². The van der Waals surface area contributed by atoms with Gasteiger partial charge in [-0.3, -0.25) is 4.90 Å². The van der Waals surface area contributed by atoms with Crippen LogP contribution < -0.4 is 9.47 Å². The molecule has 0 aliphatic carbocycles. The van der Waals surface area contributed by atoms with Gasteiger partial charge in [-0.05, 0) is 43.5 Å². The number of ether oxygens (including phenoxy) is 3. The Balaban J connectivity index is 2.02. The molecule has 20 heavy (non-hydrogen) atoms. The van der Waals surface area contributed by atoms with Crippen molar-refractivity contribution in [2.24, 2.45) is 0 Å². The van der Waals surface area contributed by atoms with Crippen molar-refractivity contribution in [2.75, 3.05) is 33.9 Å². The summed E-state index contributed by atoms with van der Waals surface area (Å²) in [5, 5.41) is 0. The molecule has 112 valence electrons. The molecule has 1 aromatic carbocycles. The molecule has 0 atom stereocenters. The number of fused-ring (bicyclic) bond motifs is 1. The molecule has 1 heterocycles. The fourth-order valence-electron chi connectivity index (χ4n) is 2.55. The van der Waals surface area contributed by atoms with Crippen LogP contribution in [0.1, 0.15) is 25.0 Å². The van der Waals surface area contributed by atoms with E-state index in [2.05, 4.69) is 30.9 Å². The van der Waals surface area contributed by atoms with E-state index in [-0.39, 0.29) is 0 Å². The van der Waals surface area contributed by atoms with Gasteiger partial charge in [0.15, 0.2) is 11.5 Å². The Hall–Kier alpha value is -1.26. The second-order valence-corrected chi connectivity index (χ2v) is 5.42. The molecular weight excluding hydrogens is 254 g/mol. The molecule has 0 bridgehead atoms. The molecule has 4 heteroatoms. The minimum atomic E-state index is 0.302. The van der Waals surface area contributed by atoms with Crippen LogP contribution in [0.25, 0.3) is 0 Å². The fourth-order valence-corrected chi connectivity index (χ4v) is 2.55. The lowest BCUT2D eigenvalue weighted by Crippen LogP contribution is -2.33. The molecule has 0 fully saturated rings. The first-order valence-corrected chi connectivity index (χ1v) is 7.21. The molecule has 1 aliphatic rings. The van der Waals surface area contributed by atoms with E-state index >= 15 is 0 Å².